The predicted octanol–water partition coefficient (Wildman–Crippen LogP) is 2.60. The van der Waals surface area contributed by atoms with E-state index in [1.165, 1.54) is 4.57 Å². The standard InChI is InChI=1S/C16H14ClF2N3O3S/c17-11-12-7(3-8(19)13(11)21-2-1-6(20)5-21)14(23)10(16(24)25)15-22(12)9(4-18)26-15/h3,6,9H,1-2,4-5,20H2,(H,24,25). The molecule has 10 heteroatoms. The molecule has 0 bridgehead atoms. The van der Waals surface area contributed by atoms with Gasteiger partial charge in [-0.25, -0.2) is 13.6 Å². The summed E-state index contributed by atoms with van der Waals surface area (Å²) < 4.78 is 29.5. The molecule has 138 valence electrons. The van der Waals surface area contributed by atoms with Crippen LogP contribution in [0.15, 0.2) is 15.9 Å². The molecular weight excluding hydrogens is 388 g/mol. The first-order chi connectivity index (χ1) is 12.3. The normalized spacial score (nSPS) is 21.8. The summed E-state index contributed by atoms with van der Waals surface area (Å²) in [6.07, 6.45) is 0.673. The monoisotopic (exact) mass is 401 g/mol. The van der Waals surface area contributed by atoms with Crippen LogP contribution in [0.1, 0.15) is 22.2 Å². The highest BCUT2D eigenvalue weighted by molar-refractivity contribution is 8.00. The molecule has 4 rings (SSSR count). The summed E-state index contributed by atoms with van der Waals surface area (Å²) in [5, 5.41) is 8.59. The second kappa shape index (κ2) is 6.11. The number of alkyl halides is 1. The van der Waals surface area contributed by atoms with E-state index < -0.39 is 34.8 Å². The van der Waals surface area contributed by atoms with Gasteiger partial charge in [0.05, 0.1) is 26.6 Å². The number of carboxylic acids is 1. The Kier molecular flexibility index (Phi) is 4.13. The summed E-state index contributed by atoms with van der Waals surface area (Å²) in [4.78, 5) is 25.8. The fourth-order valence-corrected chi connectivity index (χ4v) is 5.06. The predicted molar refractivity (Wildman–Crippen MR) is 95.8 cm³/mol. The first-order valence-electron chi connectivity index (χ1n) is 7.91. The van der Waals surface area contributed by atoms with E-state index in [1.54, 1.807) is 4.90 Å². The zero-order chi connectivity index (χ0) is 18.7. The van der Waals surface area contributed by atoms with E-state index in [4.69, 9.17) is 17.3 Å². The third-order valence-corrected chi connectivity index (χ3v) is 6.33. The molecule has 3 heterocycles. The molecule has 2 aliphatic rings. The van der Waals surface area contributed by atoms with Crippen LogP contribution >= 0.6 is 23.4 Å². The van der Waals surface area contributed by atoms with E-state index in [1.807, 2.05) is 0 Å². The van der Waals surface area contributed by atoms with Crippen molar-refractivity contribution in [1.29, 1.82) is 0 Å². The number of aromatic carboxylic acids is 1. The number of hydrogen-bond donors (Lipinski definition) is 2. The van der Waals surface area contributed by atoms with Crippen molar-refractivity contribution in [1.82, 2.24) is 4.57 Å². The molecule has 2 aromatic rings. The van der Waals surface area contributed by atoms with Gasteiger partial charge in [-0.05, 0) is 12.5 Å². The van der Waals surface area contributed by atoms with Gasteiger partial charge in [-0.3, -0.25) is 4.79 Å². The molecule has 0 saturated carbocycles. The number of pyridine rings is 1. The summed E-state index contributed by atoms with van der Waals surface area (Å²) in [5.74, 6) is -2.16. The quantitative estimate of drug-likeness (QED) is 0.821. The molecule has 2 atom stereocenters. The highest BCUT2D eigenvalue weighted by atomic mass is 35.5. The van der Waals surface area contributed by atoms with E-state index in [2.05, 4.69) is 0 Å². The first-order valence-corrected chi connectivity index (χ1v) is 9.17. The zero-order valence-electron chi connectivity index (χ0n) is 13.3. The molecule has 3 N–H and O–H groups in total. The minimum Gasteiger partial charge on any atom is -0.477 e. The van der Waals surface area contributed by atoms with Crippen molar-refractivity contribution in [2.24, 2.45) is 5.73 Å². The number of fused-ring (bicyclic) bond motifs is 3. The van der Waals surface area contributed by atoms with Crippen LogP contribution in [0.25, 0.3) is 10.9 Å². The van der Waals surface area contributed by atoms with Gasteiger partial charge >= 0.3 is 5.97 Å². The van der Waals surface area contributed by atoms with E-state index >= 15 is 0 Å². The summed E-state index contributed by atoms with van der Waals surface area (Å²) >= 11 is 7.41. The third-order valence-electron chi connectivity index (χ3n) is 4.74. The van der Waals surface area contributed by atoms with E-state index in [0.29, 0.717) is 19.5 Å². The molecule has 6 nitrogen and oxygen atoms in total. The molecule has 0 radical (unpaired) electrons. The topological polar surface area (TPSA) is 88.6 Å². The van der Waals surface area contributed by atoms with Gasteiger partial charge in [0.25, 0.3) is 0 Å². The molecule has 0 amide bonds. The average molecular weight is 402 g/mol. The Morgan fingerprint density at radius 3 is 2.81 bits per heavy atom. The fourth-order valence-electron chi connectivity index (χ4n) is 3.55. The molecular formula is C16H14ClF2N3O3S. The van der Waals surface area contributed by atoms with Crippen molar-refractivity contribution >= 4 is 45.9 Å². The second-order valence-corrected chi connectivity index (χ2v) is 7.87. The number of hydrogen-bond acceptors (Lipinski definition) is 5. The molecule has 1 aromatic carbocycles. The molecule has 2 unspecified atom stereocenters. The van der Waals surface area contributed by atoms with Gasteiger partial charge in [0.2, 0.25) is 5.43 Å². The van der Waals surface area contributed by atoms with E-state index in [-0.39, 0.29) is 32.7 Å². The lowest BCUT2D eigenvalue weighted by atomic mass is 10.1. The lowest BCUT2D eigenvalue weighted by Gasteiger charge is -2.34. The van der Waals surface area contributed by atoms with Crippen LogP contribution in [-0.4, -0.2) is 41.4 Å². The van der Waals surface area contributed by atoms with Crippen molar-refractivity contribution in [2.45, 2.75) is 22.9 Å². The number of carboxylic acid groups (broad SMARTS) is 1. The van der Waals surface area contributed by atoms with Gasteiger partial charge in [0.15, 0.2) is 0 Å². The summed E-state index contributed by atoms with van der Waals surface area (Å²) in [6, 6.07) is 0.871. The summed E-state index contributed by atoms with van der Waals surface area (Å²) in [5.41, 5.74) is 4.84. The first kappa shape index (κ1) is 17.6. The van der Waals surface area contributed by atoms with E-state index in [9.17, 15) is 23.5 Å². The largest absolute Gasteiger partial charge is 0.477 e. The summed E-state index contributed by atoms with van der Waals surface area (Å²) in [6.45, 7) is 0.148. The maximum Gasteiger partial charge on any atom is 0.342 e. The molecule has 0 aliphatic carbocycles. The third kappa shape index (κ3) is 2.34. The highest BCUT2D eigenvalue weighted by Crippen LogP contribution is 2.49. The summed E-state index contributed by atoms with van der Waals surface area (Å²) in [7, 11) is 0. The number of thioether (sulfide) groups is 1. The number of rotatable bonds is 3. The lowest BCUT2D eigenvalue weighted by Crippen LogP contribution is -2.31. The van der Waals surface area contributed by atoms with Crippen molar-refractivity contribution in [2.75, 3.05) is 24.7 Å². The van der Waals surface area contributed by atoms with Gasteiger partial charge in [0.1, 0.15) is 23.4 Å². The van der Waals surface area contributed by atoms with Gasteiger partial charge < -0.3 is 20.3 Å². The van der Waals surface area contributed by atoms with Crippen LogP contribution in [0.3, 0.4) is 0 Å². The maximum absolute atomic E-state index is 14.8. The van der Waals surface area contributed by atoms with Crippen LogP contribution in [-0.2, 0) is 0 Å². The number of halogens is 3. The van der Waals surface area contributed by atoms with Gasteiger partial charge in [-0.15, -0.1) is 0 Å². The lowest BCUT2D eigenvalue weighted by molar-refractivity contribution is 0.0689. The fraction of sp³-hybridized carbons (Fsp3) is 0.375. The van der Waals surface area contributed by atoms with Crippen LogP contribution in [0.2, 0.25) is 5.02 Å². The van der Waals surface area contributed by atoms with Crippen molar-refractivity contribution in [3.8, 4) is 0 Å². The average Bonchev–Trinajstić information content (AvgIpc) is 2.97. The van der Waals surface area contributed by atoms with Crippen LogP contribution in [0.4, 0.5) is 14.5 Å². The molecule has 1 saturated heterocycles. The Hall–Kier alpha value is -1.84. The van der Waals surface area contributed by atoms with Gasteiger partial charge in [0, 0.05) is 19.1 Å². The zero-order valence-corrected chi connectivity index (χ0v) is 14.9. The Morgan fingerprint density at radius 2 is 2.23 bits per heavy atom. The SMILES string of the molecule is NC1CCN(c2c(F)cc3c(=O)c(C(=O)O)c4n(c3c2Cl)C(CF)S4)C1. The van der Waals surface area contributed by atoms with Crippen molar-refractivity contribution in [3.05, 3.63) is 32.7 Å². The maximum atomic E-state index is 14.8. The molecule has 2 aliphatic heterocycles. The Balaban J connectivity index is 2.06. The Labute approximate surface area is 155 Å². The molecule has 1 fully saturated rings. The molecule has 0 spiro atoms. The number of nitrogens with zero attached hydrogens (tertiary/aromatic N) is 2. The van der Waals surface area contributed by atoms with Gasteiger partial charge in [-0.1, -0.05) is 23.4 Å². The molecule has 26 heavy (non-hydrogen) atoms. The second-order valence-electron chi connectivity index (χ2n) is 6.32. The number of anilines is 1. The molecule has 1 aromatic heterocycles. The minimum absolute atomic E-state index is 0.0249. The number of nitrogens with two attached hydrogens (primary N) is 1. The Morgan fingerprint density at radius 1 is 1.50 bits per heavy atom. The minimum atomic E-state index is -1.43. The van der Waals surface area contributed by atoms with Crippen LogP contribution < -0.4 is 16.1 Å². The number of benzene rings is 1. The number of carbonyl (C=O) groups is 1. The number of aromatic nitrogens is 1. The van der Waals surface area contributed by atoms with Crippen LogP contribution in [0, 0.1) is 5.82 Å². The van der Waals surface area contributed by atoms with Crippen molar-refractivity contribution < 1.29 is 18.7 Å². The van der Waals surface area contributed by atoms with Crippen molar-refractivity contribution in [3.63, 3.8) is 0 Å². The van der Waals surface area contributed by atoms with Gasteiger partial charge in [-0.2, -0.15) is 0 Å². The van der Waals surface area contributed by atoms with Crippen LogP contribution in [0.5, 0.6) is 0 Å². The smallest absolute Gasteiger partial charge is 0.342 e. The Bertz CT molecular complexity index is 1010. The highest BCUT2D eigenvalue weighted by Gasteiger charge is 2.37. The van der Waals surface area contributed by atoms with E-state index in [0.717, 1.165) is 17.8 Å².